The molecule has 0 aromatic rings. The number of alkyl halides is 3. The van der Waals surface area contributed by atoms with E-state index in [2.05, 4.69) is 0 Å². The smallest absolute Gasteiger partial charge is 0.0840 e. The summed E-state index contributed by atoms with van der Waals surface area (Å²) >= 11 is 15.2. The van der Waals surface area contributed by atoms with E-state index < -0.39 is 3.79 Å². The minimum Gasteiger partial charge on any atom is -0.0840 e. The predicted molar refractivity (Wildman–Crippen MR) is 31.7 cm³/mol. The van der Waals surface area contributed by atoms with E-state index >= 15 is 0 Å². The van der Waals surface area contributed by atoms with Crippen LogP contribution in [0.4, 0.5) is 0 Å². The van der Waals surface area contributed by atoms with E-state index in [0.29, 0.717) is 0 Å². The average Bonchev–Trinajstić information content (AvgIpc) is 0.722. The van der Waals surface area contributed by atoms with Gasteiger partial charge >= 0.3 is 0 Å². The van der Waals surface area contributed by atoms with E-state index in [-0.39, 0.29) is 29.6 Å². The zero-order chi connectivity index (χ0) is 4.50. The van der Waals surface area contributed by atoms with Gasteiger partial charge in [0.05, 0.1) is 0 Å². The van der Waals surface area contributed by atoms with Crippen LogP contribution in [0.3, 0.4) is 0 Å². The van der Waals surface area contributed by atoms with Crippen LogP contribution in [-0.2, 0) is 0 Å². The van der Waals surface area contributed by atoms with Crippen molar-refractivity contribution in [1.29, 1.82) is 0 Å². The first-order chi connectivity index (χ1) is 2.00. The van der Waals surface area contributed by atoms with Crippen molar-refractivity contribution in [2.75, 3.05) is 0 Å². The van der Waals surface area contributed by atoms with Crippen LogP contribution in [0.2, 0.25) is 0 Å². The summed E-state index contributed by atoms with van der Waals surface area (Å²) in [6.45, 7) is 1.48. The quantitative estimate of drug-likeness (QED) is 0.372. The summed E-state index contributed by atoms with van der Waals surface area (Å²) in [6.07, 6.45) is 0. The standard InChI is InChI=1S/C2H3Cl3.Na/c1-2(3,4)5;/h1H3;. The van der Waals surface area contributed by atoms with Crippen LogP contribution in [0, 0.1) is 0 Å². The second-order valence-corrected chi connectivity index (χ2v) is 3.63. The maximum atomic E-state index is 5.06. The Labute approximate surface area is 74.4 Å². The van der Waals surface area contributed by atoms with Crippen molar-refractivity contribution >= 4 is 64.4 Å². The van der Waals surface area contributed by atoms with E-state index in [9.17, 15) is 0 Å². The number of rotatable bonds is 0. The van der Waals surface area contributed by atoms with Gasteiger partial charge in [-0.2, -0.15) is 0 Å². The number of hydrogen-bond donors (Lipinski definition) is 0. The number of halogens is 3. The molecule has 0 rings (SSSR count). The molecule has 0 aromatic heterocycles. The summed E-state index contributed by atoms with van der Waals surface area (Å²) in [4.78, 5) is 0. The fourth-order valence-corrected chi connectivity index (χ4v) is 0. The molecular formula is C2H3Cl3Na. The molecule has 4 heteroatoms. The van der Waals surface area contributed by atoms with Crippen molar-refractivity contribution in [1.82, 2.24) is 0 Å². The topological polar surface area (TPSA) is 0 Å². The molecule has 33 valence electrons. The van der Waals surface area contributed by atoms with Gasteiger partial charge in [0.1, 0.15) is 0 Å². The summed E-state index contributed by atoms with van der Waals surface area (Å²) in [5.74, 6) is 0. The van der Waals surface area contributed by atoms with Crippen molar-refractivity contribution in [3.8, 4) is 0 Å². The molecule has 0 unspecified atom stereocenters. The molecule has 6 heavy (non-hydrogen) atoms. The molecule has 0 saturated carbocycles. The van der Waals surface area contributed by atoms with Gasteiger partial charge in [-0.1, -0.05) is 34.8 Å². The Bertz CT molecular complexity index is 24.3. The summed E-state index contributed by atoms with van der Waals surface area (Å²) in [5.41, 5.74) is 0. The van der Waals surface area contributed by atoms with Gasteiger partial charge in [-0.3, -0.25) is 0 Å². The van der Waals surface area contributed by atoms with Gasteiger partial charge in [0.15, 0.2) is 3.79 Å². The first kappa shape index (κ1) is 10.8. The zero-order valence-corrected chi connectivity index (χ0v) is 7.90. The van der Waals surface area contributed by atoms with Crippen LogP contribution < -0.4 is 0 Å². The van der Waals surface area contributed by atoms with Crippen LogP contribution in [0.1, 0.15) is 6.92 Å². The molecule has 0 amide bonds. The molecule has 0 aliphatic heterocycles. The molecule has 0 spiro atoms. The number of hydrogen-bond acceptors (Lipinski definition) is 0. The zero-order valence-electron chi connectivity index (χ0n) is 3.63. The second-order valence-electron chi connectivity index (χ2n) is 0.781. The third-order valence-electron chi connectivity index (χ3n) is 0. The largest absolute Gasteiger partial charge is 0.187 e. The Balaban J connectivity index is 0. The minimum atomic E-state index is -1.08. The summed E-state index contributed by atoms with van der Waals surface area (Å²) in [5, 5.41) is 0. The third kappa shape index (κ3) is 39.8. The summed E-state index contributed by atoms with van der Waals surface area (Å²) in [6, 6.07) is 0. The van der Waals surface area contributed by atoms with Crippen LogP contribution in [-0.4, -0.2) is 33.3 Å². The van der Waals surface area contributed by atoms with Gasteiger partial charge in [0, 0.05) is 29.6 Å². The van der Waals surface area contributed by atoms with Crippen LogP contribution in [0.5, 0.6) is 0 Å². The Morgan fingerprint density at radius 3 is 1.17 bits per heavy atom. The van der Waals surface area contributed by atoms with E-state index in [1.54, 1.807) is 0 Å². The molecule has 0 fully saturated rings. The van der Waals surface area contributed by atoms with Crippen molar-refractivity contribution in [2.45, 2.75) is 10.7 Å². The molecule has 0 aliphatic rings. The predicted octanol–water partition coefficient (Wildman–Crippen LogP) is 2.00. The van der Waals surface area contributed by atoms with Gasteiger partial charge in [-0.25, -0.2) is 0 Å². The molecule has 0 aliphatic carbocycles. The van der Waals surface area contributed by atoms with E-state index in [4.69, 9.17) is 34.8 Å². The third-order valence-corrected chi connectivity index (χ3v) is 0. The van der Waals surface area contributed by atoms with Gasteiger partial charge in [-0.15, -0.1) is 0 Å². The summed E-state index contributed by atoms with van der Waals surface area (Å²) in [7, 11) is 0. The molecule has 1 radical (unpaired) electrons. The van der Waals surface area contributed by atoms with Crippen molar-refractivity contribution < 1.29 is 0 Å². The van der Waals surface area contributed by atoms with Gasteiger partial charge in [0.25, 0.3) is 0 Å². The Kier molecular flexibility index (Phi) is 6.87. The Morgan fingerprint density at radius 2 is 1.17 bits per heavy atom. The SMILES string of the molecule is CC(Cl)(Cl)Cl.[Na]. The molecule has 0 aromatic carbocycles. The van der Waals surface area contributed by atoms with E-state index in [1.165, 1.54) is 6.92 Å². The van der Waals surface area contributed by atoms with Crippen molar-refractivity contribution in [3.63, 3.8) is 0 Å². The first-order valence-corrected chi connectivity index (χ1v) is 2.20. The maximum Gasteiger partial charge on any atom is 0.187 e. The maximum absolute atomic E-state index is 5.06. The van der Waals surface area contributed by atoms with E-state index in [1.807, 2.05) is 0 Å². The second kappa shape index (κ2) is 3.82. The van der Waals surface area contributed by atoms with Crippen LogP contribution >= 0.6 is 34.8 Å². The molecule has 0 N–H and O–H groups in total. The Morgan fingerprint density at radius 1 is 1.17 bits per heavy atom. The first-order valence-electron chi connectivity index (χ1n) is 1.07. The van der Waals surface area contributed by atoms with Gasteiger partial charge < -0.3 is 0 Å². The fraction of sp³-hybridized carbons (Fsp3) is 1.00. The van der Waals surface area contributed by atoms with Gasteiger partial charge in [-0.05, 0) is 6.92 Å². The average molecular weight is 156 g/mol. The molecule has 0 atom stereocenters. The van der Waals surface area contributed by atoms with Crippen LogP contribution in [0.25, 0.3) is 0 Å². The fourth-order valence-electron chi connectivity index (χ4n) is 0. The monoisotopic (exact) mass is 155 g/mol. The van der Waals surface area contributed by atoms with Gasteiger partial charge in [0.2, 0.25) is 0 Å². The molecule has 0 bridgehead atoms. The van der Waals surface area contributed by atoms with Crippen molar-refractivity contribution in [2.24, 2.45) is 0 Å². The Hall–Kier alpha value is 1.87. The summed E-state index contributed by atoms with van der Waals surface area (Å²) < 4.78 is -1.08. The molecule has 0 heterocycles. The van der Waals surface area contributed by atoms with E-state index in [0.717, 1.165) is 0 Å². The minimum absolute atomic E-state index is 0. The van der Waals surface area contributed by atoms with Crippen LogP contribution in [0.15, 0.2) is 0 Å². The molecular weight excluding hydrogens is 153 g/mol. The molecule has 0 saturated heterocycles. The van der Waals surface area contributed by atoms with Crippen molar-refractivity contribution in [3.05, 3.63) is 0 Å². The normalized spacial score (nSPS) is 10.0. The molecule has 0 nitrogen and oxygen atoms in total.